The van der Waals surface area contributed by atoms with E-state index in [4.69, 9.17) is 28.9 Å². The highest BCUT2D eigenvalue weighted by atomic mass is 35.5. The molecule has 21 heavy (non-hydrogen) atoms. The molecule has 2 atom stereocenters. The molecule has 2 rings (SSSR count). The highest BCUT2D eigenvalue weighted by molar-refractivity contribution is 6.42. The summed E-state index contributed by atoms with van der Waals surface area (Å²) in [6.07, 6.45) is -0.682. The van der Waals surface area contributed by atoms with Gasteiger partial charge in [0.25, 0.3) is 0 Å². The van der Waals surface area contributed by atoms with E-state index in [1.165, 1.54) is 0 Å². The van der Waals surface area contributed by atoms with Crippen molar-refractivity contribution >= 4 is 28.9 Å². The van der Waals surface area contributed by atoms with Gasteiger partial charge in [0, 0.05) is 18.2 Å². The number of aliphatic hydroxyl groups excluding tert-OH is 1. The maximum absolute atomic E-state index is 10.7. The molecular weight excluding hydrogens is 307 g/mol. The molecule has 0 spiro atoms. The van der Waals surface area contributed by atoms with Crippen molar-refractivity contribution < 1.29 is 5.11 Å². The Labute approximate surface area is 134 Å². The molecule has 0 bridgehead atoms. The van der Waals surface area contributed by atoms with Gasteiger partial charge in [0.1, 0.15) is 0 Å². The number of hydrogen-bond acceptors (Lipinski definition) is 3. The predicted octanol–water partition coefficient (Wildman–Crippen LogP) is 3.61. The van der Waals surface area contributed by atoms with E-state index in [0.29, 0.717) is 22.3 Å². The van der Waals surface area contributed by atoms with Crippen LogP contribution in [0, 0.1) is 0 Å². The van der Waals surface area contributed by atoms with Crippen LogP contribution in [0.5, 0.6) is 0 Å². The Morgan fingerprint density at radius 2 is 1.86 bits per heavy atom. The van der Waals surface area contributed by atoms with Crippen LogP contribution in [0.2, 0.25) is 10.0 Å². The Morgan fingerprint density at radius 1 is 1.10 bits per heavy atom. The van der Waals surface area contributed by atoms with Crippen LogP contribution < -0.4 is 11.1 Å². The third kappa shape index (κ3) is 3.89. The summed E-state index contributed by atoms with van der Waals surface area (Å²) in [6.45, 7) is 0.605. The van der Waals surface area contributed by atoms with E-state index in [9.17, 15) is 5.11 Å². The lowest BCUT2D eigenvalue weighted by molar-refractivity contribution is 0.144. The number of anilines is 1. The molecule has 112 valence electrons. The zero-order chi connectivity index (χ0) is 15.4. The van der Waals surface area contributed by atoms with Crippen LogP contribution in [0.15, 0.2) is 42.5 Å². The summed E-state index contributed by atoms with van der Waals surface area (Å²) in [4.78, 5) is 0. The Hall–Kier alpha value is -1.26. The van der Waals surface area contributed by atoms with E-state index in [-0.39, 0.29) is 5.92 Å². The Morgan fingerprint density at radius 3 is 2.48 bits per heavy atom. The monoisotopic (exact) mass is 324 g/mol. The number of hydrogen-bond donors (Lipinski definition) is 3. The van der Waals surface area contributed by atoms with Crippen molar-refractivity contribution in [1.29, 1.82) is 0 Å². The molecular formula is C16H18Cl2N2O. The number of nitrogen functional groups attached to an aromatic ring is 1. The lowest BCUT2D eigenvalue weighted by Crippen LogP contribution is -2.23. The summed E-state index contributed by atoms with van der Waals surface area (Å²) < 4.78 is 0. The number of benzene rings is 2. The van der Waals surface area contributed by atoms with Crippen LogP contribution in [-0.4, -0.2) is 18.7 Å². The Balaban J connectivity index is 2.35. The third-order valence-corrected chi connectivity index (χ3v) is 4.17. The summed E-state index contributed by atoms with van der Waals surface area (Å²) in [6, 6.07) is 12.7. The van der Waals surface area contributed by atoms with Gasteiger partial charge in [-0.1, -0.05) is 41.4 Å². The van der Waals surface area contributed by atoms with E-state index in [1.54, 1.807) is 24.3 Å². The number of rotatable bonds is 5. The number of aliphatic hydroxyl groups is 1. The lowest BCUT2D eigenvalue weighted by Gasteiger charge is -2.24. The number of nitrogens with two attached hydrogens (primary N) is 1. The zero-order valence-electron chi connectivity index (χ0n) is 11.7. The van der Waals surface area contributed by atoms with Gasteiger partial charge in [-0.2, -0.15) is 0 Å². The fourth-order valence-electron chi connectivity index (χ4n) is 2.35. The van der Waals surface area contributed by atoms with Gasteiger partial charge in [-0.05, 0) is 42.4 Å². The molecule has 5 heteroatoms. The molecule has 0 fully saturated rings. The second-order valence-electron chi connectivity index (χ2n) is 4.95. The maximum atomic E-state index is 10.7. The largest absolute Gasteiger partial charge is 0.399 e. The molecule has 0 radical (unpaired) electrons. The fraction of sp³-hybridized carbons (Fsp3) is 0.250. The number of halogens is 2. The minimum absolute atomic E-state index is 0.147. The van der Waals surface area contributed by atoms with Gasteiger partial charge in [0.15, 0.2) is 0 Å². The zero-order valence-corrected chi connectivity index (χ0v) is 13.2. The van der Waals surface area contributed by atoms with Gasteiger partial charge < -0.3 is 16.2 Å². The molecule has 0 aliphatic carbocycles. The summed E-state index contributed by atoms with van der Waals surface area (Å²) in [7, 11) is 1.84. The number of nitrogens with one attached hydrogen (secondary N) is 1. The second kappa shape index (κ2) is 7.14. The summed E-state index contributed by atoms with van der Waals surface area (Å²) >= 11 is 12.0. The first-order chi connectivity index (χ1) is 10.0. The van der Waals surface area contributed by atoms with Gasteiger partial charge in [-0.15, -0.1) is 0 Å². The summed E-state index contributed by atoms with van der Waals surface area (Å²) in [5, 5.41) is 14.8. The minimum atomic E-state index is -0.682. The molecule has 0 amide bonds. The van der Waals surface area contributed by atoms with Crippen molar-refractivity contribution in [2.45, 2.75) is 12.0 Å². The molecule has 2 aromatic carbocycles. The third-order valence-electron chi connectivity index (χ3n) is 3.43. The van der Waals surface area contributed by atoms with Gasteiger partial charge in [-0.25, -0.2) is 0 Å². The lowest BCUT2D eigenvalue weighted by atomic mass is 9.89. The van der Waals surface area contributed by atoms with Crippen LogP contribution in [0.1, 0.15) is 23.1 Å². The van der Waals surface area contributed by atoms with E-state index < -0.39 is 6.10 Å². The Kier molecular flexibility index (Phi) is 5.48. The maximum Gasteiger partial charge on any atom is 0.0871 e. The average Bonchev–Trinajstić information content (AvgIpc) is 2.47. The van der Waals surface area contributed by atoms with Crippen LogP contribution in [0.25, 0.3) is 0 Å². The SMILES string of the molecule is CNCC(c1ccc(Cl)c(Cl)c1)[C@H](O)c1cccc(N)c1. The molecule has 4 N–H and O–H groups in total. The first-order valence-corrected chi connectivity index (χ1v) is 7.41. The van der Waals surface area contributed by atoms with Gasteiger partial charge in [-0.3, -0.25) is 0 Å². The van der Waals surface area contributed by atoms with Crippen molar-refractivity contribution in [3.63, 3.8) is 0 Å². The van der Waals surface area contributed by atoms with Crippen molar-refractivity contribution in [1.82, 2.24) is 5.32 Å². The van der Waals surface area contributed by atoms with E-state index in [0.717, 1.165) is 11.1 Å². The normalized spacial score (nSPS) is 13.9. The predicted molar refractivity (Wildman–Crippen MR) is 88.9 cm³/mol. The van der Waals surface area contributed by atoms with Crippen molar-refractivity contribution in [3.8, 4) is 0 Å². The van der Waals surface area contributed by atoms with Gasteiger partial charge in [0.2, 0.25) is 0 Å². The molecule has 0 saturated heterocycles. The smallest absolute Gasteiger partial charge is 0.0871 e. The molecule has 0 heterocycles. The molecule has 0 aromatic heterocycles. The van der Waals surface area contributed by atoms with E-state index >= 15 is 0 Å². The van der Waals surface area contributed by atoms with E-state index in [2.05, 4.69) is 5.32 Å². The van der Waals surface area contributed by atoms with Crippen LogP contribution in [-0.2, 0) is 0 Å². The van der Waals surface area contributed by atoms with Crippen LogP contribution in [0.4, 0.5) is 5.69 Å². The Bertz CT molecular complexity index is 619. The van der Waals surface area contributed by atoms with Crippen LogP contribution in [0.3, 0.4) is 0 Å². The van der Waals surface area contributed by atoms with Crippen molar-refractivity contribution in [2.75, 3.05) is 19.3 Å². The minimum Gasteiger partial charge on any atom is -0.399 e. The number of likely N-dealkylation sites (N-methyl/N-ethyl adjacent to an activating group) is 1. The van der Waals surface area contributed by atoms with Gasteiger partial charge in [0.05, 0.1) is 16.1 Å². The van der Waals surface area contributed by atoms with E-state index in [1.807, 2.05) is 25.2 Å². The van der Waals surface area contributed by atoms with Crippen molar-refractivity contribution in [2.24, 2.45) is 0 Å². The molecule has 0 aliphatic rings. The van der Waals surface area contributed by atoms with Gasteiger partial charge >= 0.3 is 0 Å². The molecule has 0 aliphatic heterocycles. The van der Waals surface area contributed by atoms with Crippen LogP contribution >= 0.6 is 23.2 Å². The molecule has 1 unspecified atom stereocenters. The van der Waals surface area contributed by atoms with Crippen molar-refractivity contribution in [3.05, 3.63) is 63.6 Å². The first-order valence-electron chi connectivity index (χ1n) is 6.66. The average molecular weight is 325 g/mol. The quantitative estimate of drug-likeness (QED) is 0.736. The first kappa shape index (κ1) is 16.1. The summed E-state index contributed by atoms with van der Waals surface area (Å²) in [5.74, 6) is -0.147. The molecule has 3 nitrogen and oxygen atoms in total. The standard InChI is InChI=1S/C16H18Cl2N2O/c1-20-9-13(10-5-6-14(17)15(18)8-10)16(21)11-3-2-4-12(19)7-11/h2-8,13,16,20-21H,9,19H2,1H3/t13?,16-/m1/s1. The second-order valence-corrected chi connectivity index (χ2v) is 5.77. The molecule has 0 saturated carbocycles. The molecule has 2 aromatic rings. The fourth-order valence-corrected chi connectivity index (χ4v) is 2.66. The highest BCUT2D eigenvalue weighted by Crippen LogP contribution is 2.34. The highest BCUT2D eigenvalue weighted by Gasteiger charge is 2.23. The topological polar surface area (TPSA) is 58.3 Å². The summed E-state index contributed by atoms with van der Waals surface area (Å²) in [5.41, 5.74) is 8.12.